The average molecular weight is 210 g/mol. The molecular formula is C10H14N2O3. The van der Waals surface area contributed by atoms with Gasteiger partial charge in [-0.2, -0.15) is 0 Å². The summed E-state index contributed by atoms with van der Waals surface area (Å²) in [6, 6.07) is -0.280. The van der Waals surface area contributed by atoms with Gasteiger partial charge in [-0.25, -0.2) is 4.79 Å². The number of carbonyl (C=O) groups excluding carboxylic acids is 1. The van der Waals surface area contributed by atoms with Gasteiger partial charge in [-0.05, 0) is 20.8 Å². The number of nitrogens with one attached hydrogen (secondary N) is 1. The van der Waals surface area contributed by atoms with E-state index in [4.69, 9.17) is 5.11 Å². The van der Waals surface area contributed by atoms with Crippen LogP contribution in [0.4, 0.5) is 0 Å². The molecule has 5 heteroatoms. The van der Waals surface area contributed by atoms with Crippen molar-refractivity contribution in [3.8, 4) is 0 Å². The predicted molar refractivity (Wildman–Crippen MR) is 53.0 cm³/mol. The molecule has 2 aliphatic heterocycles. The number of rotatable bonds is 1. The third-order valence-corrected chi connectivity index (χ3v) is 3.07. The number of carboxylic acids is 1. The van der Waals surface area contributed by atoms with Crippen LogP contribution in [0.3, 0.4) is 0 Å². The van der Waals surface area contributed by atoms with Gasteiger partial charge in [-0.3, -0.25) is 9.69 Å². The monoisotopic (exact) mass is 210 g/mol. The first-order valence-electron chi connectivity index (χ1n) is 4.89. The normalized spacial score (nSPS) is 33.5. The van der Waals surface area contributed by atoms with E-state index < -0.39 is 17.7 Å². The van der Waals surface area contributed by atoms with Gasteiger partial charge in [-0.15, -0.1) is 0 Å². The number of hydrogen-bond donors (Lipinski definition) is 2. The molecule has 1 saturated heterocycles. The maximum absolute atomic E-state index is 11.5. The van der Waals surface area contributed by atoms with E-state index in [1.54, 1.807) is 13.0 Å². The van der Waals surface area contributed by atoms with Gasteiger partial charge in [0.2, 0.25) is 5.91 Å². The maximum Gasteiger partial charge on any atom is 0.334 e. The summed E-state index contributed by atoms with van der Waals surface area (Å²) in [6.45, 7) is 5.61. The van der Waals surface area contributed by atoms with Crippen LogP contribution >= 0.6 is 0 Å². The molecule has 82 valence electrons. The van der Waals surface area contributed by atoms with E-state index in [-0.39, 0.29) is 17.5 Å². The van der Waals surface area contributed by atoms with Crippen molar-refractivity contribution in [2.45, 2.75) is 38.5 Å². The van der Waals surface area contributed by atoms with Gasteiger partial charge in [0, 0.05) is 5.54 Å². The second-order valence-corrected chi connectivity index (χ2v) is 4.55. The molecule has 0 aliphatic carbocycles. The summed E-state index contributed by atoms with van der Waals surface area (Å²) < 4.78 is 0. The van der Waals surface area contributed by atoms with E-state index in [2.05, 4.69) is 5.32 Å². The van der Waals surface area contributed by atoms with E-state index in [9.17, 15) is 9.59 Å². The first-order chi connectivity index (χ1) is 6.84. The number of amides is 1. The first-order valence-corrected chi connectivity index (χ1v) is 4.89. The third kappa shape index (κ3) is 1.26. The molecule has 0 aromatic rings. The molecule has 0 aromatic carbocycles. The standard InChI is InChI=1S/C10H14N2O3/c1-5-8(13)11-7-6(9(14)15)4-10(2,3)12(5)7/h4-5,7H,1-3H3,(H,11,13)(H,14,15). The molecule has 2 aliphatic rings. The molecule has 1 fully saturated rings. The Morgan fingerprint density at radius 3 is 2.73 bits per heavy atom. The van der Waals surface area contributed by atoms with E-state index in [1.807, 2.05) is 18.7 Å². The Bertz CT molecular complexity index is 373. The largest absolute Gasteiger partial charge is 0.478 e. The summed E-state index contributed by atoms with van der Waals surface area (Å²) in [6.07, 6.45) is 1.23. The van der Waals surface area contributed by atoms with Crippen molar-refractivity contribution in [1.29, 1.82) is 0 Å². The number of carboxylic acid groups (broad SMARTS) is 1. The van der Waals surface area contributed by atoms with Gasteiger partial charge in [-0.1, -0.05) is 6.08 Å². The van der Waals surface area contributed by atoms with Crippen molar-refractivity contribution in [3.63, 3.8) is 0 Å². The molecule has 2 unspecified atom stereocenters. The minimum atomic E-state index is -0.968. The van der Waals surface area contributed by atoms with E-state index in [1.165, 1.54) is 0 Å². The second kappa shape index (κ2) is 2.82. The van der Waals surface area contributed by atoms with Crippen molar-refractivity contribution < 1.29 is 14.7 Å². The Hall–Kier alpha value is -1.36. The zero-order valence-corrected chi connectivity index (χ0v) is 8.94. The highest BCUT2D eigenvalue weighted by Gasteiger charge is 2.51. The van der Waals surface area contributed by atoms with Crippen LogP contribution in [-0.2, 0) is 9.59 Å². The summed E-state index contributed by atoms with van der Waals surface area (Å²) in [5.74, 6) is -1.08. The van der Waals surface area contributed by atoms with E-state index in [0.717, 1.165) is 0 Å². The fraction of sp³-hybridized carbons (Fsp3) is 0.600. The molecule has 5 nitrogen and oxygen atoms in total. The van der Waals surface area contributed by atoms with Crippen molar-refractivity contribution in [3.05, 3.63) is 11.6 Å². The Balaban J connectivity index is 2.42. The molecule has 0 saturated carbocycles. The second-order valence-electron chi connectivity index (χ2n) is 4.55. The lowest BCUT2D eigenvalue weighted by atomic mass is 10.0. The van der Waals surface area contributed by atoms with Crippen LogP contribution in [0.15, 0.2) is 11.6 Å². The Labute approximate surface area is 87.7 Å². The van der Waals surface area contributed by atoms with Gasteiger partial charge in [0.15, 0.2) is 0 Å². The van der Waals surface area contributed by atoms with Gasteiger partial charge < -0.3 is 10.4 Å². The van der Waals surface area contributed by atoms with Gasteiger partial charge in [0.1, 0.15) is 6.17 Å². The zero-order valence-electron chi connectivity index (χ0n) is 8.94. The lowest BCUT2D eigenvalue weighted by Crippen LogP contribution is -2.46. The smallest absolute Gasteiger partial charge is 0.334 e. The van der Waals surface area contributed by atoms with Crippen molar-refractivity contribution in [2.24, 2.45) is 0 Å². The number of carbonyl (C=O) groups is 2. The first kappa shape index (κ1) is 10.2. The van der Waals surface area contributed by atoms with Crippen LogP contribution in [0.25, 0.3) is 0 Å². The van der Waals surface area contributed by atoms with Crippen LogP contribution < -0.4 is 5.32 Å². The third-order valence-electron chi connectivity index (χ3n) is 3.07. The van der Waals surface area contributed by atoms with Gasteiger partial charge in [0.05, 0.1) is 11.6 Å². The molecule has 2 heterocycles. The average Bonchev–Trinajstić information content (AvgIpc) is 2.52. The summed E-state index contributed by atoms with van der Waals surface area (Å²) in [7, 11) is 0. The number of hydrogen-bond acceptors (Lipinski definition) is 3. The molecule has 2 rings (SSSR count). The maximum atomic E-state index is 11.5. The van der Waals surface area contributed by atoms with Gasteiger partial charge in [0.25, 0.3) is 0 Å². The van der Waals surface area contributed by atoms with Crippen molar-refractivity contribution in [1.82, 2.24) is 10.2 Å². The molecule has 0 spiro atoms. The van der Waals surface area contributed by atoms with Crippen LogP contribution in [0.5, 0.6) is 0 Å². The molecule has 15 heavy (non-hydrogen) atoms. The van der Waals surface area contributed by atoms with Crippen molar-refractivity contribution >= 4 is 11.9 Å². The predicted octanol–water partition coefficient (Wildman–Crippen LogP) is -0.0640. The lowest BCUT2D eigenvalue weighted by molar-refractivity contribution is -0.133. The summed E-state index contributed by atoms with van der Waals surface area (Å²) in [5, 5.41) is 11.7. The molecule has 2 atom stereocenters. The Kier molecular flexibility index (Phi) is 1.91. The summed E-state index contributed by atoms with van der Waals surface area (Å²) in [5.41, 5.74) is -0.130. The molecule has 0 bridgehead atoms. The highest BCUT2D eigenvalue weighted by atomic mass is 16.4. The van der Waals surface area contributed by atoms with Gasteiger partial charge >= 0.3 is 5.97 Å². The minimum Gasteiger partial charge on any atom is -0.478 e. The molecule has 0 radical (unpaired) electrons. The molecular weight excluding hydrogens is 196 g/mol. The molecule has 2 N–H and O–H groups in total. The highest BCUT2D eigenvalue weighted by molar-refractivity contribution is 5.93. The van der Waals surface area contributed by atoms with Crippen LogP contribution in [-0.4, -0.2) is 39.6 Å². The SMILES string of the molecule is CC1C(=O)NC2C(C(=O)O)=CC(C)(C)N12. The Morgan fingerprint density at radius 2 is 2.20 bits per heavy atom. The highest BCUT2D eigenvalue weighted by Crippen LogP contribution is 2.36. The lowest BCUT2D eigenvalue weighted by Gasteiger charge is -2.32. The summed E-state index contributed by atoms with van der Waals surface area (Å²) >= 11 is 0. The number of fused-ring (bicyclic) bond motifs is 1. The van der Waals surface area contributed by atoms with E-state index >= 15 is 0 Å². The molecule has 1 amide bonds. The van der Waals surface area contributed by atoms with Crippen LogP contribution in [0, 0.1) is 0 Å². The number of aliphatic carboxylic acids is 1. The van der Waals surface area contributed by atoms with Crippen LogP contribution in [0.1, 0.15) is 20.8 Å². The zero-order chi connectivity index (χ0) is 11.4. The minimum absolute atomic E-state index is 0.111. The van der Waals surface area contributed by atoms with Crippen LogP contribution in [0.2, 0.25) is 0 Å². The number of nitrogens with zero attached hydrogens (tertiary/aromatic N) is 1. The summed E-state index contributed by atoms with van der Waals surface area (Å²) in [4.78, 5) is 24.4. The topological polar surface area (TPSA) is 69.6 Å². The van der Waals surface area contributed by atoms with E-state index in [0.29, 0.717) is 0 Å². The Morgan fingerprint density at radius 1 is 1.60 bits per heavy atom. The fourth-order valence-electron chi connectivity index (χ4n) is 2.45. The van der Waals surface area contributed by atoms with Crippen molar-refractivity contribution in [2.75, 3.05) is 0 Å². The molecule has 0 aromatic heterocycles. The quantitative estimate of drug-likeness (QED) is 0.636. The fourth-order valence-corrected chi connectivity index (χ4v) is 2.45.